The number of rotatable bonds is 10. The van der Waals surface area contributed by atoms with Gasteiger partial charge in [0.05, 0.1) is 5.56 Å². The Morgan fingerprint density at radius 2 is 1.96 bits per heavy atom. The van der Waals surface area contributed by atoms with Gasteiger partial charge in [-0.25, -0.2) is 4.98 Å². The summed E-state index contributed by atoms with van der Waals surface area (Å²) in [6.45, 7) is 3.85. The van der Waals surface area contributed by atoms with Gasteiger partial charge in [-0.1, -0.05) is 6.92 Å². The van der Waals surface area contributed by atoms with Crippen LogP contribution < -0.4 is 10.6 Å². The van der Waals surface area contributed by atoms with Gasteiger partial charge in [-0.3, -0.25) is 4.98 Å². The van der Waals surface area contributed by atoms with Crippen LogP contribution >= 0.6 is 0 Å². The highest BCUT2D eigenvalue weighted by Crippen LogP contribution is 2.25. The molecule has 9 nitrogen and oxygen atoms in total. The Morgan fingerprint density at radius 1 is 1.11 bits per heavy atom. The molecule has 0 amide bonds. The van der Waals surface area contributed by atoms with E-state index >= 15 is 0 Å². The Kier molecular flexibility index (Phi) is 6.64. The summed E-state index contributed by atoms with van der Waals surface area (Å²) in [5.41, 5.74) is 1.87. The first-order chi connectivity index (χ1) is 13.3. The number of pyridine rings is 1. The van der Waals surface area contributed by atoms with Gasteiger partial charge >= 0.3 is 0 Å². The van der Waals surface area contributed by atoms with E-state index in [0.29, 0.717) is 29.1 Å². The maximum atomic E-state index is 5.62. The Bertz CT molecular complexity index is 839. The monoisotopic (exact) mass is 369 g/mol. The highest BCUT2D eigenvalue weighted by Gasteiger charge is 2.15. The van der Waals surface area contributed by atoms with Crippen molar-refractivity contribution in [2.24, 2.45) is 0 Å². The van der Waals surface area contributed by atoms with Crippen molar-refractivity contribution in [3.8, 4) is 11.5 Å². The molecular formula is C18H23N7O2. The van der Waals surface area contributed by atoms with Gasteiger partial charge in [0.1, 0.15) is 12.4 Å². The molecule has 0 bridgehead atoms. The average molecular weight is 369 g/mol. The lowest BCUT2D eigenvalue weighted by atomic mass is 10.2. The largest absolute Gasteiger partial charge is 0.418 e. The van der Waals surface area contributed by atoms with Crippen LogP contribution in [0.1, 0.15) is 24.8 Å². The van der Waals surface area contributed by atoms with Crippen LogP contribution in [0.15, 0.2) is 35.1 Å². The summed E-state index contributed by atoms with van der Waals surface area (Å²) in [4.78, 5) is 13.0. The van der Waals surface area contributed by atoms with Crippen LogP contribution in [0.2, 0.25) is 0 Å². The van der Waals surface area contributed by atoms with Gasteiger partial charge in [0.2, 0.25) is 11.8 Å². The molecule has 0 saturated heterocycles. The maximum Gasteiger partial charge on any atom is 0.253 e. The highest BCUT2D eigenvalue weighted by molar-refractivity contribution is 5.69. The molecule has 27 heavy (non-hydrogen) atoms. The van der Waals surface area contributed by atoms with E-state index in [4.69, 9.17) is 9.15 Å². The van der Waals surface area contributed by atoms with Crippen LogP contribution in [0.5, 0.6) is 0 Å². The number of nitrogens with zero attached hydrogens (tertiary/aromatic N) is 5. The molecule has 0 spiro atoms. The first kappa shape index (κ1) is 18.7. The first-order valence-corrected chi connectivity index (χ1v) is 8.85. The third kappa shape index (κ3) is 5.20. The molecule has 0 aliphatic heterocycles. The fourth-order valence-electron chi connectivity index (χ4n) is 2.41. The zero-order valence-electron chi connectivity index (χ0n) is 15.5. The van der Waals surface area contributed by atoms with Crippen molar-refractivity contribution in [1.82, 2.24) is 25.1 Å². The molecule has 0 aromatic carbocycles. The zero-order chi connectivity index (χ0) is 18.9. The number of anilines is 2. The van der Waals surface area contributed by atoms with Crippen LogP contribution in [0, 0.1) is 0 Å². The van der Waals surface area contributed by atoms with Crippen molar-refractivity contribution in [1.29, 1.82) is 0 Å². The molecule has 3 aromatic rings. The summed E-state index contributed by atoms with van der Waals surface area (Å²) in [6, 6.07) is 3.99. The Hall–Kier alpha value is -3.07. The van der Waals surface area contributed by atoms with E-state index in [0.717, 1.165) is 25.9 Å². The van der Waals surface area contributed by atoms with E-state index in [1.807, 2.05) is 12.1 Å². The maximum absolute atomic E-state index is 5.62. The predicted octanol–water partition coefficient (Wildman–Crippen LogP) is 2.54. The smallest absolute Gasteiger partial charge is 0.253 e. The molecule has 0 fully saturated rings. The normalized spacial score (nSPS) is 10.7. The van der Waals surface area contributed by atoms with Gasteiger partial charge in [0.15, 0.2) is 0 Å². The number of aromatic nitrogens is 5. The molecule has 0 saturated carbocycles. The molecule has 3 heterocycles. The molecule has 0 aliphatic carbocycles. The second kappa shape index (κ2) is 9.58. The quantitative estimate of drug-likeness (QED) is 0.557. The predicted molar refractivity (Wildman–Crippen MR) is 101 cm³/mol. The van der Waals surface area contributed by atoms with Crippen molar-refractivity contribution in [3.05, 3.63) is 42.2 Å². The highest BCUT2D eigenvalue weighted by atomic mass is 16.5. The third-order valence-electron chi connectivity index (χ3n) is 3.74. The second-order valence-electron chi connectivity index (χ2n) is 5.85. The lowest BCUT2D eigenvalue weighted by Crippen LogP contribution is -2.11. The number of nitrogens with one attached hydrogen (secondary N) is 2. The summed E-state index contributed by atoms with van der Waals surface area (Å²) in [6.07, 6.45) is 7.08. The van der Waals surface area contributed by atoms with Crippen LogP contribution in [-0.2, 0) is 17.8 Å². The van der Waals surface area contributed by atoms with E-state index in [1.165, 1.54) is 5.56 Å². The van der Waals surface area contributed by atoms with Gasteiger partial charge < -0.3 is 19.8 Å². The fourth-order valence-corrected chi connectivity index (χ4v) is 2.41. The lowest BCUT2D eigenvalue weighted by molar-refractivity contribution is 0.160. The van der Waals surface area contributed by atoms with Gasteiger partial charge in [0, 0.05) is 38.8 Å². The number of methoxy groups -OCH3 is 1. The standard InChI is InChI=1S/C18H23N7O2/c1-3-7-20-16-14(17-25-24-15(27-17)12-26-2)11-22-18(23-16)21-10-6-13-4-8-19-9-5-13/h4-5,8-9,11H,3,6-7,10,12H2,1-2H3,(H2,20,21,22,23). The summed E-state index contributed by atoms with van der Waals surface area (Å²) >= 11 is 0. The minimum atomic E-state index is 0.264. The minimum Gasteiger partial charge on any atom is -0.418 e. The van der Waals surface area contributed by atoms with Crippen LogP contribution in [0.3, 0.4) is 0 Å². The average Bonchev–Trinajstić information content (AvgIpc) is 3.16. The molecule has 0 atom stereocenters. The first-order valence-electron chi connectivity index (χ1n) is 8.85. The topological polar surface area (TPSA) is 111 Å². The minimum absolute atomic E-state index is 0.264. The molecule has 0 unspecified atom stereocenters. The molecule has 2 N–H and O–H groups in total. The van der Waals surface area contributed by atoms with E-state index in [2.05, 4.69) is 42.7 Å². The molecule has 142 valence electrons. The summed E-state index contributed by atoms with van der Waals surface area (Å²) in [7, 11) is 1.58. The van der Waals surface area contributed by atoms with Crippen molar-refractivity contribution in [2.75, 3.05) is 30.8 Å². The number of hydrogen-bond acceptors (Lipinski definition) is 9. The zero-order valence-corrected chi connectivity index (χ0v) is 15.5. The van der Waals surface area contributed by atoms with Crippen LogP contribution in [0.25, 0.3) is 11.5 Å². The lowest BCUT2D eigenvalue weighted by Gasteiger charge is -2.10. The Morgan fingerprint density at radius 3 is 2.74 bits per heavy atom. The Balaban J connectivity index is 1.72. The van der Waals surface area contributed by atoms with Gasteiger partial charge in [-0.15, -0.1) is 10.2 Å². The summed E-state index contributed by atoms with van der Waals surface area (Å²) in [5, 5.41) is 14.6. The van der Waals surface area contributed by atoms with Gasteiger partial charge in [-0.2, -0.15) is 4.98 Å². The van der Waals surface area contributed by atoms with E-state index in [-0.39, 0.29) is 6.61 Å². The van der Waals surface area contributed by atoms with Gasteiger partial charge in [-0.05, 0) is 30.5 Å². The van der Waals surface area contributed by atoms with Crippen molar-refractivity contribution in [3.63, 3.8) is 0 Å². The third-order valence-corrected chi connectivity index (χ3v) is 3.74. The molecular weight excluding hydrogens is 346 g/mol. The number of hydrogen-bond donors (Lipinski definition) is 2. The molecule has 3 aromatic heterocycles. The molecule has 0 radical (unpaired) electrons. The summed E-state index contributed by atoms with van der Waals surface area (Å²) in [5.74, 6) is 1.98. The summed E-state index contributed by atoms with van der Waals surface area (Å²) < 4.78 is 10.6. The second-order valence-corrected chi connectivity index (χ2v) is 5.85. The molecule has 0 aliphatic rings. The fraction of sp³-hybridized carbons (Fsp3) is 0.389. The van der Waals surface area contributed by atoms with Crippen LogP contribution in [-0.4, -0.2) is 45.3 Å². The Labute approximate surface area is 157 Å². The molecule has 3 rings (SSSR count). The van der Waals surface area contributed by atoms with Crippen molar-refractivity contribution < 1.29 is 9.15 Å². The van der Waals surface area contributed by atoms with E-state index in [9.17, 15) is 0 Å². The van der Waals surface area contributed by atoms with Crippen molar-refractivity contribution in [2.45, 2.75) is 26.4 Å². The van der Waals surface area contributed by atoms with Crippen molar-refractivity contribution >= 4 is 11.8 Å². The van der Waals surface area contributed by atoms with E-state index < -0.39 is 0 Å². The SMILES string of the molecule is CCCNc1nc(NCCc2ccncc2)ncc1-c1nnc(COC)o1. The number of ether oxygens (including phenoxy) is 1. The van der Waals surface area contributed by atoms with Gasteiger partial charge in [0.25, 0.3) is 5.89 Å². The van der Waals surface area contributed by atoms with E-state index in [1.54, 1.807) is 25.7 Å². The van der Waals surface area contributed by atoms with Crippen LogP contribution in [0.4, 0.5) is 11.8 Å². The molecule has 9 heteroatoms.